The summed E-state index contributed by atoms with van der Waals surface area (Å²) in [6.45, 7) is 1.82. The Bertz CT molecular complexity index is 460. The molecule has 104 valence electrons. The van der Waals surface area contributed by atoms with Gasteiger partial charge in [0.15, 0.2) is 11.6 Å². The van der Waals surface area contributed by atoms with Crippen LogP contribution in [0.1, 0.15) is 18.9 Å². The van der Waals surface area contributed by atoms with E-state index in [9.17, 15) is 9.18 Å². The van der Waals surface area contributed by atoms with Gasteiger partial charge < -0.3 is 15.2 Å². The van der Waals surface area contributed by atoms with Gasteiger partial charge in [0.05, 0.1) is 7.11 Å². The second-order valence-corrected chi connectivity index (χ2v) is 4.15. The molecule has 0 fully saturated rings. The van der Waals surface area contributed by atoms with E-state index in [0.29, 0.717) is 12.0 Å². The molecule has 19 heavy (non-hydrogen) atoms. The van der Waals surface area contributed by atoms with Crippen LogP contribution in [-0.4, -0.2) is 30.8 Å². The van der Waals surface area contributed by atoms with Gasteiger partial charge in [0, 0.05) is 18.7 Å². The molecular formula is C14H18FNO3. The zero-order valence-corrected chi connectivity index (χ0v) is 11.0. The third-order valence-corrected chi connectivity index (χ3v) is 2.55. The number of carbonyl (C=O) groups excluding carboxylic acids is 1. The van der Waals surface area contributed by atoms with Crippen molar-refractivity contribution in [2.24, 2.45) is 0 Å². The molecule has 0 saturated carbocycles. The molecule has 2 N–H and O–H groups in total. The lowest BCUT2D eigenvalue weighted by Crippen LogP contribution is -2.31. The Kier molecular flexibility index (Phi) is 6.02. The Morgan fingerprint density at radius 1 is 1.58 bits per heavy atom. The normalized spacial score (nSPS) is 12.4. The van der Waals surface area contributed by atoms with Crippen molar-refractivity contribution in [1.82, 2.24) is 5.32 Å². The van der Waals surface area contributed by atoms with Crippen LogP contribution in [0.4, 0.5) is 4.39 Å². The second kappa shape index (κ2) is 7.53. The molecule has 5 heteroatoms. The molecule has 0 aliphatic rings. The molecular weight excluding hydrogens is 249 g/mol. The van der Waals surface area contributed by atoms with E-state index >= 15 is 0 Å². The second-order valence-electron chi connectivity index (χ2n) is 4.15. The van der Waals surface area contributed by atoms with Crippen molar-refractivity contribution >= 4 is 12.0 Å². The predicted octanol–water partition coefficient (Wildman–Crippen LogP) is 1.73. The first-order valence-corrected chi connectivity index (χ1v) is 5.99. The van der Waals surface area contributed by atoms with Gasteiger partial charge in [0.25, 0.3) is 0 Å². The van der Waals surface area contributed by atoms with E-state index in [0.717, 1.165) is 0 Å². The predicted molar refractivity (Wildman–Crippen MR) is 71.3 cm³/mol. The highest BCUT2D eigenvalue weighted by Gasteiger charge is 2.04. The number of hydrogen-bond donors (Lipinski definition) is 2. The van der Waals surface area contributed by atoms with Crippen LogP contribution in [-0.2, 0) is 4.79 Å². The highest BCUT2D eigenvalue weighted by atomic mass is 19.1. The molecule has 0 aliphatic heterocycles. The van der Waals surface area contributed by atoms with E-state index < -0.39 is 5.82 Å². The Morgan fingerprint density at radius 2 is 2.32 bits per heavy atom. The van der Waals surface area contributed by atoms with Crippen LogP contribution >= 0.6 is 0 Å². The molecule has 0 aliphatic carbocycles. The molecule has 0 heterocycles. The number of aliphatic hydroxyl groups is 1. The lowest BCUT2D eigenvalue weighted by molar-refractivity contribution is -0.117. The van der Waals surface area contributed by atoms with Crippen LogP contribution in [0.15, 0.2) is 24.3 Å². The third-order valence-electron chi connectivity index (χ3n) is 2.55. The maximum absolute atomic E-state index is 13.4. The lowest BCUT2D eigenvalue weighted by atomic mass is 10.2. The van der Waals surface area contributed by atoms with E-state index in [1.54, 1.807) is 13.0 Å². The quantitative estimate of drug-likeness (QED) is 0.772. The van der Waals surface area contributed by atoms with Crippen molar-refractivity contribution in [2.75, 3.05) is 13.7 Å². The minimum Gasteiger partial charge on any atom is -0.494 e. The van der Waals surface area contributed by atoms with Crippen LogP contribution < -0.4 is 10.1 Å². The molecule has 1 aromatic carbocycles. The minimum absolute atomic E-state index is 0.0227. The zero-order valence-electron chi connectivity index (χ0n) is 11.0. The Balaban J connectivity index is 2.61. The third kappa shape index (κ3) is 5.09. The molecule has 0 radical (unpaired) electrons. The highest BCUT2D eigenvalue weighted by molar-refractivity contribution is 5.91. The number of rotatable bonds is 6. The van der Waals surface area contributed by atoms with E-state index in [2.05, 4.69) is 5.32 Å². The van der Waals surface area contributed by atoms with Crippen LogP contribution in [0.5, 0.6) is 5.75 Å². The molecule has 0 aromatic heterocycles. The van der Waals surface area contributed by atoms with Crippen molar-refractivity contribution in [2.45, 2.75) is 19.4 Å². The first kappa shape index (κ1) is 15.2. The smallest absolute Gasteiger partial charge is 0.244 e. The minimum atomic E-state index is -0.473. The first-order chi connectivity index (χ1) is 9.06. The van der Waals surface area contributed by atoms with E-state index in [-0.39, 0.29) is 24.3 Å². The van der Waals surface area contributed by atoms with Gasteiger partial charge in [0.1, 0.15) is 0 Å². The maximum atomic E-state index is 13.4. The van der Waals surface area contributed by atoms with E-state index in [4.69, 9.17) is 9.84 Å². The standard InChI is InChI=1S/C14H18FNO3/c1-10(7-8-17)16-14(18)6-4-11-3-5-13(19-2)12(15)9-11/h3-6,9-10,17H,7-8H2,1-2H3,(H,16,18)/b6-4+. The molecule has 0 bridgehead atoms. The van der Waals surface area contributed by atoms with Crippen molar-refractivity contribution in [3.63, 3.8) is 0 Å². The molecule has 1 unspecified atom stereocenters. The summed E-state index contributed by atoms with van der Waals surface area (Å²) in [5.74, 6) is -0.589. The Hall–Kier alpha value is -1.88. The maximum Gasteiger partial charge on any atom is 0.244 e. The number of benzene rings is 1. The highest BCUT2D eigenvalue weighted by Crippen LogP contribution is 2.18. The summed E-state index contributed by atoms with van der Waals surface area (Å²) >= 11 is 0. The average molecular weight is 267 g/mol. The van der Waals surface area contributed by atoms with Crippen LogP contribution in [0, 0.1) is 5.82 Å². The summed E-state index contributed by atoms with van der Waals surface area (Å²) in [4.78, 5) is 11.5. The van der Waals surface area contributed by atoms with Crippen molar-refractivity contribution in [1.29, 1.82) is 0 Å². The Morgan fingerprint density at radius 3 is 2.89 bits per heavy atom. The van der Waals surface area contributed by atoms with Crippen LogP contribution in [0.2, 0.25) is 0 Å². The van der Waals surface area contributed by atoms with Gasteiger partial charge in [-0.15, -0.1) is 0 Å². The number of carbonyl (C=O) groups is 1. The van der Waals surface area contributed by atoms with Gasteiger partial charge in [-0.1, -0.05) is 6.07 Å². The van der Waals surface area contributed by atoms with Gasteiger partial charge in [-0.3, -0.25) is 4.79 Å². The fourth-order valence-electron chi connectivity index (χ4n) is 1.51. The SMILES string of the molecule is COc1ccc(/C=C/C(=O)NC(C)CCO)cc1F. The molecule has 4 nitrogen and oxygen atoms in total. The average Bonchev–Trinajstić information content (AvgIpc) is 2.36. The molecule has 1 amide bonds. The topological polar surface area (TPSA) is 58.6 Å². The monoisotopic (exact) mass is 267 g/mol. The van der Waals surface area contributed by atoms with Crippen molar-refractivity contribution in [3.8, 4) is 5.75 Å². The summed E-state index contributed by atoms with van der Waals surface area (Å²) < 4.78 is 18.2. The fourth-order valence-corrected chi connectivity index (χ4v) is 1.51. The lowest BCUT2D eigenvalue weighted by Gasteiger charge is -2.09. The number of aliphatic hydroxyl groups excluding tert-OH is 1. The van der Waals surface area contributed by atoms with Gasteiger partial charge in [0.2, 0.25) is 5.91 Å². The summed E-state index contributed by atoms with van der Waals surface area (Å²) in [7, 11) is 1.39. The number of nitrogens with one attached hydrogen (secondary N) is 1. The first-order valence-electron chi connectivity index (χ1n) is 5.99. The van der Waals surface area contributed by atoms with Crippen LogP contribution in [0.3, 0.4) is 0 Å². The summed E-state index contributed by atoms with van der Waals surface area (Å²) in [6.07, 6.45) is 3.34. The van der Waals surface area contributed by atoms with Gasteiger partial charge in [-0.05, 0) is 37.1 Å². The molecule has 1 atom stereocenters. The van der Waals surface area contributed by atoms with Gasteiger partial charge in [-0.25, -0.2) is 4.39 Å². The number of methoxy groups -OCH3 is 1. The summed E-state index contributed by atoms with van der Waals surface area (Å²) in [5, 5.41) is 11.4. The van der Waals surface area contributed by atoms with E-state index in [1.165, 1.54) is 31.4 Å². The largest absolute Gasteiger partial charge is 0.494 e. The zero-order chi connectivity index (χ0) is 14.3. The van der Waals surface area contributed by atoms with Gasteiger partial charge in [-0.2, -0.15) is 0 Å². The molecule has 0 saturated heterocycles. The van der Waals surface area contributed by atoms with Crippen molar-refractivity contribution < 1.29 is 19.0 Å². The number of amides is 1. The molecule has 0 spiro atoms. The number of halogens is 1. The van der Waals surface area contributed by atoms with Gasteiger partial charge >= 0.3 is 0 Å². The molecule has 1 rings (SSSR count). The number of hydrogen-bond acceptors (Lipinski definition) is 3. The summed E-state index contributed by atoms with van der Waals surface area (Å²) in [6, 6.07) is 4.35. The summed E-state index contributed by atoms with van der Waals surface area (Å²) in [5.41, 5.74) is 0.572. The Labute approximate surface area is 111 Å². The molecule has 1 aromatic rings. The van der Waals surface area contributed by atoms with Crippen molar-refractivity contribution in [3.05, 3.63) is 35.7 Å². The fraction of sp³-hybridized carbons (Fsp3) is 0.357. The van der Waals surface area contributed by atoms with Crippen LogP contribution in [0.25, 0.3) is 6.08 Å². The number of ether oxygens (including phenoxy) is 1. The van der Waals surface area contributed by atoms with E-state index in [1.807, 2.05) is 0 Å².